The van der Waals surface area contributed by atoms with E-state index in [1.807, 2.05) is 35.2 Å². The Morgan fingerprint density at radius 2 is 1.64 bits per heavy atom. The summed E-state index contributed by atoms with van der Waals surface area (Å²) in [5.74, 6) is -0.234. The molecule has 2 aromatic carbocycles. The van der Waals surface area contributed by atoms with Crippen molar-refractivity contribution >= 4 is 23.2 Å². The van der Waals surface area contributed by atoms with Gasteiger partial charge in [-0.25, -0.2) is 0 Å². The maximum Gasteiger partial charge on any atom is 0.270 e. The van der Waals surface area contributed by atoms with Gasteiger partial charge in [-0.1, -0.05) is 30.3 Å². The molecule has 2 amide bonds. The fourth-order valence-electron chi connectivity index (χ4n) is 4.38. The molecule has 0 radical (unpaired) electrons. The van der Waals surface area contributed by atoms with Crippen molar-refractivity contribution in [3.8, 4) is 0 Å². The minimum absolute atomic E-state index is 0.0476. The zero-order valence-corrected chi connectivity index (χ0v) is 18.6. The van der Waals surface area contributed by atoms with E-state index >= 15 is 0 Å². The molecule has 174 valence electrons. The molecular weight excluding hydrogens is 422 g/mol. The molecule has 2 fully saturated rings. The van der Waals surface area contributed by atoms with E-state index in [1.165, 1.54) is 12.1 Å². The van der Waals surface area contributed by atoms with E-state index in [2.05, 4.69) is 10.2 Å². The molecule has 9 heteroatoms. The number of anilines is 1. The van der Waals surface area contributed by atoms with E-state index in [-0.39, 0.29) is 24.0 Å². The molecule has 0 bridgehead atoms. The Morgan fingerprint density at radius 3 is 2.30 bits per heavy atom. The highest BCUT2D eigenvalue weighted by molar-refractivity contribution is 6.00. The number of nitrogens with zero attached hydrogens (tertiary/aromatic N) is 4. The molecule has 0 saturated carbocycles. The summed E-state index contributed by atoms with van der Waals surface area (Å²) in [6.07, 6.45) is 2.10. The topological polar surface area (TPSA) is 99.0 Å². The molecule has 33 heavy (non-hydrogen) atoms. The summed E-state index contributed by atoms with van der Waals surface area (Å²) >= 11 is 0. The van der Waals surface area contributed by atoms with Gasteiger partial charge in [-0.3, -0.25) is 24.6 Å². The van der Waals surface area contributed by atoms with Crippen LogP contribution in [0.25, 0.3) is 0 Å². The minimum atomic E-state index is -0.462. The van der Waals surface area contributed by atoms with Gasteiger partial charge in [0.1, 0.15) is 0 Å². The molecule has 2 saturated heterocycles. The van der Waals surface area contributed by atoms with Gasteiger partial charge in [0, 0.05) is 57.9 Å². The van der Waals surface area contributed by atoms with Crippen LogP contribution in [0, 0.1) is 10.1 Å². The number of rotatable bonds is 7. The number of nitrogens with one attached hydrogen (secondary N) is 1. The van der Waals surface area contributed by atoms with Gasteiger partial charge in [0.2, 0.25) is 5.91 Å². The lowest BCUT2D eigenvalue weighted by Gasteiger charge is -2.35. The first kappa shape index (κ1) is 22.7. The van der Waals surface area contributed by atoms with Gasteiger partial charge in [0.25, 0.3) is 11.6 Å². The molecule has 0 atom stereocenters. The number of nitro groups is 1. The number of benzene rings is 2. The Morgan fingerprint density at radius 1 is 0.939 bits per heavy atom. The number of amides is 2. The summed E-state index contributed by atoms with van der Waals surface area (Å²) in [6, 6.07) is 14.3. The van der Waals surface area contributed by atoms with Crippen LogP contribution in [-0.4, -0.2) is 72.4 Å². The number of carbonyl (C=O) groups excluding carboxylic acids is 2. The second-order valence-corrected chi connectivity index (χ2v) is 8.48. The average molecular weight is 452 g/mol. The number of hydrogen-bond acceptors (Lipinski definition) is 6. The van der Waals surface area contributed by atoms with Gasteiger partial charge in [0.05, 0.1) is 22.7 Å². The van der Waals surface area contributed by atoms with Crippen LogP contribution in [0.15, 0.2) is 48.5 Å². The summed E-state index contributed by atoms with van der Waals surface area (Å²) < 4.78 is 0. The first-order valence-corrected chi connectivity index (χ1v) is 11.4. The molecule has 2 heterocycles. The Kier molecular flexibility index (Phi) is 7.19. The second-order valence-electron chi connectivity index (χ2n) is 8.48. The highest BCUT2D eigenvalue weighted by Crippen LogP contribution is 2.29. The third-order valence-electron chi connectivity index (χ3n) is 6.23. The Balaban J connectivity index is 1.34. The van der Waals surface area contributed by atoms with Crippen LogP contribution in [0.3, 0.4) is 0 Å². The Labute approximate surface area is 193 Å². The smallest absolute Gasteiger partial charge is 0.270 e. The lowest BCUT2D eigenvalue weighted by Crippen LogP contribution is -2.51. The maximum atomic E-state index is 13.3. The van der Waals surface area contributed by atoms with E-state index in [9.17, 15) is 19.7 Å². The average Bonchev–Trinajstić information content (AvgIpc) is 3.38. The number of piperazine rings is 1. The Bertz CT molecular complexity index is 999. The van der Waals surface area contributed by atoms with Crippen molar-refractivity contribution in [2.45, 2.75) is 19.4 Å². The molecule has 2 aliphatic heterocycles. The van der Waals surface area contributed by atoms with Crippen molar-refractivity contribution in [3.05, 3.63) is 69.8 Å². The van der Waals surface area contributed by atoms with Gasteiger partial charge in [-0.05, 0) is 24.5 Å². The van der Waals surface area contributed by atoms with Gasteiger partial charge >= 0.3 is 0 Å². The highest BCUT2D eigenvalue weighted by atomic mass is 16.6. The summed E-state index contributed by atoms with van der Waals surface area (Å²) in [5, 5.41) is 14.2. The van der Waals surface area contributed by atoms with Crippen molar-refractivity contribution in [3.63, 3.8) is 0 Å². The van der Waals surface area contributed by atoms with Crippen LogP contribution in [0.1, 0.15) is 28.8 Å². The predicted molar refractivity (Wildman–Crippen MR) is 125 cm³/mol. The van der Waals surface area contributed by atoms with Crippen LogP contribution in [0.4, 0.5) is 11.4 Å². The van der Waals surface area contributed by atoms with Crippen molar-refractivity contribution in [1.29, 1.82) is 0 Å². The van der Waals surface area contributed by atoms with E-state index in [0.717, 1.165) is 37.2 Å². The number of nitro benzene ring substituents is 1. The van der Waals surface area contributed by atoms with Crippen molar-refractivity contribution < 1.29 is 14.5 Å². The van der Waals surface area contributed by atoms with Crippen LogP contribution in [-0.2, 0) is 11.3 Å². The summed E-state index contributed by atoms with van der Waals surface area (Å²) in [4.78, 5) is 42.4. The molecule has 2 aliphatic rings. The summed E-state index contributed by atoms with van der Waals surface area (Å²) in [6.45, 7) is 4.60. The van der Waals surface area contributed by atoms with Crippen molar-refractivity contribution in [1.82, 2.24) is 15.1 Å². The minimum Gasteiger partial charge on any atom is -0.371 e. The molecule has 0 unspecified atom stereocenters. The third-order valence-corrected chi connectivity index (χ3v) is 6.23. The standard InChI is InChI=1S/C24H29N5O4/c30-23(25-17-19-6-2-1-3-7-19)18-26-12-14-28(15-13-26)24(31)21-16-20(29(32)33)8-9-22(21)27-10-4-5-11-27/h1-3,6-9,16H,4-5,10-15,17-18H2,(H,25,30). The molecule has 2 aromatic rings. The maximum absolute atomic E-state index is 13.3. The highest BCUT2D eigenvalue weighted by Gasteiger charge is 2.28. The Hall–Kier alpha value is -3.46. The molecule has 0 spiro atoms. The van der Waals surface area contributed by atoms with Crippen LogP contribution < -0.4 is 10.2 Å². The lowest BCUT2D eigenvalue weighted by molar-refractivity contribution is -0.384. The molecular formula is C24H29N5O4. The largest absolute Gasteiger partial charge is 0.371 e. The van der Waals surface area contributed by atoms with Crippen molar-refractivity contribution in [2.75, 3.05) is 50.7 Å². The molecule has 0 aliphatic carbocycles. The number of non-ortho nitro benzene ring substituents is 1. The van der Waals surface area contributed by atoms with E-state index < -0.39 is 4.92 Å². The normalized spacial score (nSPS) is 16.6. The predicted octanol–water partition coefficient (Wildman–Crippen LogP) is 2.27. The van der Waals surface area contributed by atoms with Gasteiger partial charge in [0.15, 0.2) is 0 Å². The molecule has 1 N–H and O–H groups in total. The van der Waals surface area contributed by atoms with Gasteiger partial charge < -0.3 is 15.1 Å². The first-order valence-electron chi connectivity index (χ1n) is 11.4. The zero-order chi connectivity index (χ0) is 23.2. The first-order chi connectivity index (χ1) is 16.0. The van der Waals surface area contributed by atoms with Crippen LogP contribution in [0.5, 0.6) is 0 Å². The second kappa shape index (κ2) is 10.4. The fourth-order valence-corrected chi connectivity index (χ4v) is 4.38. The van der Waals surface area contributed by atoms with E-state index in [4.69, 9.17) is 0 Å². The molecule has 0 aromatic heterocycles. The molecule has 4 rings (SSSR count). The van der Waals surface area contributed by atoms with Crippen LogP contribution in [0.2, 0.25) is 0 Å². The fraction of sp³-hybridized carbons (Fsp3) is 0.417. The van der Waals surface area contributed by atoms with E-state index in [1.54, 1.807) is 11.0 Å². The lowest BCUT2D eigenvalue weighted by atomic mass is 10.1. The van der Waals surface area contributed by atoms with Gasteiger partial charge in [-0.15, -0.1) is 0 Å². The SMILES string of the molecule is O=C(CN1CCN(C(=O)c2cc([N+](=O)[O-])ccc2N2CCCC2)CC1)NCc1ccccc1. The van der Waals surface area contributed by atoms with Crippen LogP contribution >= 0.6 is 0 Å². The van der Waals surface area contributed by atoms with Gasteiger partial charge in [-0.2, -0.15) is 0 Å². The number of carbonyl (C=O) groups is 2. The third kappa shape index (κ3) is 5.67. The number of hydrogen-bond donors (Lipinski definition) is 1. The van der Waals surface area contributed by atoms with E-state index in [0.29, 0.717) is 38.3 Å². The quantitative estimate of drug-likeness (QED) is 0.512. The summed E-state index contributed by atoms with van der Waals surface area (Å²) in [5.41, 5.74) is 2.13. The monoisotopic (exact) mass is 451 g/mol. The zero-order valence-electron chi connectivity index (χ0n) is 18.6. The summed E-state index contributed by atoms with van der Waals surface area (Å²) in [7, 11) is 0. The molecule has 9 nitrogen and oxygen atoms in total. The van der Waals surface area contributed by atoms with Crippen molar-refractivity contribution in [2.24, 2.45) is 0 Å².